The Kier molecular flexibility index (Phi) is 3.74. The average molecular weight is 316 g/mol. The number of nitrogens with one attached hydrogen (secondary N) is 1. The average Bonchev–Trinajstić information content (AvgIpc) is 2.95. The van der Waals surface area contributed by atoms with Crippen molar-refractivity contribution in [2.75, 3.05) is 13.1 Å². The van der Waals surface area contributed by atoms with Crippen molar-refractivity contribution >= 4 is 35.4 Å². The van der Waals surface area contributed by atoms with E-state index in [0.717, 1.165) is 19.5 Å². The summed E-state index contributed by atoms with van der Waals surface area (Å²) in [6.07, 6.45) is 0.254. The second-order valence-corrected chi connectivity index (χ2v) is 7.85. The molecule has 0 aromatic heterocycles. The molecule has 0 aromatic carbocycles. The van der Waals surface area contributed by atoms with Gasteiger partial charge in [-0.1, -0.05) is 11.8 Å². The first kappa shape index (κ1) is 14.2. The highest BCUT2D eigenvalue weighted by Crippen LogP contribution is 2.54. The minimum absolute atomic E-state index is 0.0961. The highest BCUT2D eigenvalue weighted by atomic mass is 32.2. The van der Waals surface area contributed by atoms with E-state index in [2.05, 4.69) is 5.32 Å². The maximum absolute atomic E-state index is 12.0. The van der Waals surface area contributed by atoms with Crippen molar-refractivity contribution in [3.05, 3.63) is 9.93 Å². The molecule has 3 heterocycles. The Balaban J connectivity index is 1.81. The van der Waals surface area contributed by atoms with Crippen molar-refractivity contribution in [3.8, 4) is 0 Å². The molecule has 2 saturated heterocycles. The number of carboxylic acids is 1. The lowest BCUT2D eigenvalue weighted by Gasteiger charge is -2.43. The van der Waals surface area contributed by atoms with Gasteiger partial charge >= 0.3 is 5.97 Å². The van der Waals surface area contributed by atoms with Crippen LogP contribution >= 0.6 is 23.5 Å². The van der Waals surface area contributed by atoms with Gasteiger partial charge in [0.15, 0.2) is 5.70 Å². The lowest BCUT2D eigenvalue weighted by atomic mass is 9.92. The van der Waals surface area contributed by atoms with E-state index in [9.17, 15) is 19.8 Å². The topological polar surface area (TPSA) is 89.9 Å². The van der Waals surface area contributed by atoms with E-state index in [4.69, 9.17) is 0 Å². The van der Waals surface area contributed by atoms with Gasteiger partial charge in [0.25, 0.3) is 0 Å². The minimum Gasteiger partial charge on any atom is -0.477 e. The van der Waals surface area contributed by atoms with Crippen LogP contribution in [0.5, 0.6) is 0 Å². The molecule has 3 rings (SSSR count). The van der Waals surface area contributed by atoms with Gasteiger partial charge in [0.05, 0.1) is 16.3 Å². The van der Waals surface area contributed by atoms with Crippen LogP contribution in [-0.2, 0) is 9.59 Å². The minimum atomic E-state index is -1.06. The molecular formula is C12H16N2O4S2. The zero-order chi connectivity index (χ0) is 14.4. The van der Waals surface area contributed by atoms with Crippen LogP contribution in [0.25, 0.3) is 0 Å². The maximum Gasteiger partial charge on any atom is 0.354 e. The fourth-order valence-electron chi connectivity index (χ4n) is 2.71. The van der Waals surface area contributed by atoms with Crippen LogP contribution in [0.2, 0.25) is 0 Å². The zero-order valence-electron chi connectivity index (χ0n) is 10.9. The fourth-order valence-corrected chi connectivity index (χ4v) is 6.00. The molecule has 8 heteroatoms. The summed E-state index contributed by atoms with van der Waals surface area (Å²) in [6, 6.07) is 0. The van der Waals surface area contributed by atoms with Crippen LogP contribution in [-0.4, -0.2) is 56.8 Å². The highest BCUT2D eigenvalue weighted by Gasteiger charge is 2.57. The molecule has 0 aromatic rings. The van der Waals surface area contributed by atoms with Gasteiger partial charge in [-0.3, -0.25) is 9.69 Å². The molecule has 0 radical (unpaired) electrons. The van der Waals surface area contributed by atoms with Crippen molar-refractivity contribution in [2.45, 2.75) is 30.1 Å². The maximum atomic E-state index is 12.0. The van der Waals surface area contributed by atoms with Crippen LogP contribution < -0.4 is 5.32 Å². The van der Waals surface area contributed by atoms with E-state index in [1.54, 1.807) is 6.92 Å². The van der Waals surface area contributed by atoms with Gasteiger partial charge in [0.1, 0.15) is 5.37 Å². The SMILES string of the molecule is CC(O)C1C(=O)N2C(C(=O)O)=C(S[C@@H]3CCNC3)SC12. The zero-order valence-corrected chi connectivity index (χ0v) is 12.5. The number of thioether (sulfide) groups is 2. The van der Waals surface area contributed by atoms with Crippen molar-refractivity contribution in [1.82, 2.24) is 10.2 Å². The number of carbonyl (C=O) groups is 2. The number of hydrogen-bond acceptors (Lipinski definition) is 6. The standard InChI is InChI=1S/C12H16N2O4S2/c1-5(15)7-9(16)14-8(11(17)18)12(20-10(7)14)19-6-2-3-13-4-6/h5-7,10,13,15H,2-4H2,1H3,(H,17,18)/t5?,6-,7?,10?/m1/s1. The molecule has 3 aliphatic heterocycles. The van der Waals surface area contributed by atoms with Crippen LogP contribution in [0.15, 0.2) is 9.93 Å². The Morgan fingerprint density at radius 3 is 2.90 bits per heavy atom. The first-order chi connectivity index (χ1) is 9.50. The Morgan fingerprint density at radius 2 is 2.35 bits per heavy atom. The predicted octanol–water partition coefficient (Wildman–Crippen LogP) is 0.247. The number of carbonyl (C=O) groups excluding carboxylic acids is 1. The van der Waals surface area contributed by atoms with E-state index < -0.39 is 18.0 Å². The molecule has 2 fully saturated rings. The number of hydrogen-bond donors (Lipinski definition) is 3. The van der Waals surface area contributed by atoms with Gasteiger partial charge < -0.3 is 15.5 Å². The number of aliphatic carboxylic acids is 1. The molecule has 110 valence electrons. The monoisotopic (exact) mass is 316 g/mol. The number of β-lactam (4-membered cyclic amide) rings is 1. The normalized spacial score (nSPS) is 34.2. The van der Waals surface area contributed by atoms with Crippen molar-refractivity contribution < 1.29 is 19.8 Å². The van der Waals surface area contributed by atoms with Gasteiger partial charge in [-0.2, -0.15) is 0 Å². The smallest absolute Gasteiger partial charge is 0.354 e. The molecule has 4 atom stereocenters. The quantitative estimate of drug-likeness (QED) is 0.640. The fraction of sp³-hybridized carbons (Fsp3) is 0.667. The van der Waals surface area contributed by atoms with Crippen molar-refractivity contribution in [3.63, 3.8) is 0 Å². The summed E-state index contributed by atoms with van der Waals surface area (Å²) in [5, 5.41) is 22.3. The molecule has 0 bridgehead atoms. The molecule has 0 spiro atoms. The number of rotatable bonds is 4. The number of amides is 1. The molecule has 1 amide bonds. The molecule has 6 nitrogen and oxygen atoms in total. The number of aliphatic hydroxyl groups is 1. The third-order valence-electron chi connectivity index (χ3n) is 3.76. The van der Waals surface area contributed by atoms with E-state index in [1.165, 1.54) is 28.4 Å². The van der Waals surface area contributed by atoms with Crippen LogP contribution in [0.3, 0.4) is 0 Å². The van der Waals surface area contributed by atoms with Gasteiger partial charge in [0.2, 0.25) is 5.91 Å². The Bertz CT molecular complexity index is 488. The predicted molar refractivity (Wildman–Crippen MR) is 76.9 cm³/mol. The summed E-state index contributed by atoms with van der Waals surface area (Å²) in [6.45, 7) is 3.38. The number of fused-ring (bicyclic) bond motifs is 1. The number of carboxylic acid groups (broad SMARTS) is 1. The van der Waals surface area contributed by atoms with Crippen molar-refractivity contribution in [1.29, 1.82) is 0 Å². The third-order valence-corrected chi connectivity index (χ3v) is 6.63. The number of nitrogens with zero attached hydrogens (tertiary/aromatic N) is 1. The summed E-state index contributed by atoms with van der Waals surface area (Å²) in [5.74, 6) is -1.84. The van der Waals surface area contributed by atoms with Gasteiger partial charge in [-0.25, -0.2) is 4.79 Å². The van der Waals surface area contributed by atoms with E-state index in [-0.39, 0.29) is 17.0 Å². The molecular weight excluding hydrogens is 300 g/mol. The highest BCUT2D eigenvalue weighted by molar-refractivity contribution is 8.23. The summed E-state index contributed by atoms with van der Waals surface area (Å²) < 4.78 is 0.702. The van der Waals surface area contributed by atoms with Crippen LogP contribution in [0.1, 0.15) is 13.3 Å². The first-order valence-corrected chi connectivity index (χ1v) is 8.29. The molecule has 0 saturated carbocycles. The van der Waals surface area contributed by atoms with Crippen LogP contribution in [0.4, 0.5) is 0 Å². The Hall–Kier alpha value is -0.700. The largest absolute Gasteiger partial charge is 0.477 e. The van der Waals surface area contributed by atoms with Crippen molar-refractivity contribution in [2.24, 2.45) is 5.92 Å². The van der Waals surface area contributed by atoms with Crippen LogP contribution in [0, 0.1) is 5.92 Å². The summed E-state index contributed by atoms with van der Waals surface area (Å²) in [7, 11) is 0. The van der Waals surface area contributed by atoms with E-state index in [1.807, 2.05) is 0 Å². The lowest BCUT2D eigenvalue weighted by molar-refractivity contribution is -0.156. The lowest BCUT2D eigenvalue weighted by Crippen LogP contribution is -2.60. The van der Waals surface area contributed by atoms with E-state index >= 15 is 0 Å². The van der Waals surface area contributed by atoms with Gasteiger partial charge in [0, 0.05) is 11.8 Å². The summed E-state index contributed by atoms with van der Waals surface area (Å²) >= 11 is 2.94. The summed E-state index contributed by atoms with van der Waals surface area (Å²) in [5.41, 5.74) is 0.0961. The van der Waals surface area contributed by atoms with E-state index in [0.29, 0.717) is 9.49 Å². The molecule has 3 aliphatic rings. The molecule has 0 aliphatic carbocycles. The molecule has 3 unspecified atom stereocenters. The second-order valence-electron chi connectivity index (χ2n) is 5.16. The Labute approximate surface area is 125 Å². The molecule has 3 N–H and O–H groups in total. The molecule has 20 heavy (non-hydrogen) atoms. The summed E-state index contributed by atoms with van der Waals surface area (Å²) in [4.78, 5) is 24.8. The van der Waals surface area contributed by atoms with Gasteiger partial charge in [-0.05, 0) is 19.9 Å². The third kappa shape index (κ3) is 2.14. The Morgan fingerprint density at radius 1 is 1.60 bits per heavy atom. The second kappa shape index (κ2) is 5.25. The first-order valence-electron chi connectivity index (χ1n) is 6.53. The number of aliphatic hydroxyl groups excluding tert-OH is 1. The van der Waals surface area contributed by atoms with Gasteiger partial charge in [-0.15, -0.1) is 11.8 Å².